The highest BCUT2D eigenvalue weighted by molar-refractivity contribution is 5.94. The number of halogens is 2. The lowest BCUT2D eigenvalue weighted by atomic mass is 9.98. The van der Waals surface area contributed by atoms with E-state index < -0.39 is 30.5 Å². The van der Waals surface area contributed by atoms with Crippen LogP contribution in [0.25, 0.3) is 11.1 Å². The maximum Gasteiger partial charge on any atom is 0.416 e. The number of ether oxygens (including phenoxy) is 2. The first kappa shape index (κ1) is 20.0. The van der Waals surface area contributed by atoms with E-state index in [2.05, 4.69) is 4.74 Å². The second kappa shape index (κ2) is 7.33. The zero-order valence-corrected chi connectivity index (χ0v) is 16.6. The summed E-state index contributed by atoms with van der Waals surface area (Å²) < 4.78 is 38.4. The number of benzene rings is 3. The number of carboxylic acid groups (broad SMARTS) is 1. The summed E-state index contributed by atoms with van der Waals surface area (Å²) in [4.78, 5) is 24.8. The molecule has 0 bridgehead atoms. The van der Waals surface area contributed by atoms with Gasteiger partial charge < -0.3 is 14.6 Å². The molecule has 0 saturated heterocycles. The Morgan fingerprint density at radius 2 is 1.66 bits per heavy atom. The van der Waals surface area contributed by atoms with Crippen LogP contribution in [0.1, 0.15) is 27.4 Å². The summed E-state index contributed by atoms with van der Waals surface area (Å²) in [5, 5.41) is 9.11. The van der Waals surface area contributed by atoms with Gasteiger partial charge in [-0.1, -0.05) is 48.5 Å². The number of alkyl halides is 2. The number of aromatic carboxylic acids is 1. The van der Waals surface area contributed by atoms with Gasteiger partial charge >= 0.3 is 18.2 Å². The first-order valence-electron chi connectivity index (χ1n) is 9.91. The number of fused-ring (bicyclic) bond motifs is 4. The standard InChI is InChI=1S/C24H17F2NO5/c25-24(26)13-27(20-10-9-14(22(28)29)11-21(20)32-24)23(30)31-12-19-17-7-3-1-5-15(17)16-6-2-4-8-18(16)19/h1-11,19H,12-13H2,(H,28,29). The van der Waals surface area contributed by atoms with Crippen molar-refractivity contribution >= 4 is 17.7 Å². The van der Waals surface area contributed by atoms with E-state index in [4.69, 9.17) is 9.84 Å². The van der Waals surface area contributed by atoms with Crippen molar-refractivity contribution in [3.63, 3.8) is 0 Å². The van der Waals surface area contributed by atoms with Crippen LogP contribution in [0, 0.1) is 0 Å². The number of carbonyl (C=O) groups is 2. The van der Waals surface area contributed by atoms with Crippen LogP contribution in [0.3, 0.4) is 0 Å². The Hall–Kier alpha value is -3.94. The highest BCUT2D eigenvalue weighted by atomic mass is 19.3. The molecule has 5 rings (SSSR count). The summed E-state index contributed by atoms with van der Waals surface area (Å²) in [6, 6.07) is 19.0. The lowest BCUT2D eigenvalue weighted by Gasteiger charge is -2.33. The minimum Gasteiger partial charge on any atom is -0.478 e. The van der Waals surface area contributed by atoms with Crippen LogP contribution < -0.4 is 9.64 Å². The van der Waals surface area contributed by atoms with Gasteiger partial charge in [-0.15, -0.1) is 0 Å². The van der Waals surface area contributed by atoms with Gasteiger partial charge in [0.15, 0.2) is 5.75 Å². The fraction of sp³-hybridized carbons (Fsp3) is 0.167. The molecule has 0 spiro atoms. The molecule has 0 unspecified atom stereocenters. The molecular formula is C24H17F2NO5. The van der Waals surface area contributed by atoms with Gasteiger partial charge in [0.25, 0.3) is 0 Å². The molecule has 0 atom stereocenters. The molecular weight excluding hydrogens is 420 g/mol. The van der Waals surface area contributed by atoms with E-state index in [1.54, 1.807) is 0 Å². The zero-order chi connectivity index (χ0) is 22.5. The van der Waals surface area contributed by atoms with Crippen molar-refractivity contribution in [2.45, 2.75) is 12.0 Å². The van der Waals surface area contributed by atoms with Crippen LogP contribution in [0.5, 0.6) is 5.75 Å². The molecule has 0 fully saturated rings. The minimum atomic E-state index is -3.68. The number of carbonyl (C=O) groups excluding carboxylic acids is 1. The van der Waals surface area contributed by atoms with Crippen LogP contribution in [-0.2, 0) is 4.74 Å². The third-order valence-electron chi connectivity index (χ3n) is 5.66. The number of carboxylic acids is 1. The summed E-state index contributed by atoms with van der Waals surface area (Å²) in [5.74, 6) is -1.91. The van der Waals surface area contributed by atoms with Crippen molar-refractivity contribution in [3.8, 4) is 16.9 Å². The summed E-state index contributed by atoms with van der Waals surface area (Å²) in [5.41, 5.74) is 3.90. The van der Waals surface area contributed by atoms with Crippen LogP contribution >= 0.6 is 0 Å². The van der Waals surface area contributed by atoms with Gasteiger partial charge in [-0.05, 0) is 40.5 Å². The first-order valence-corrected chi connectivity index (χ1v) is 9.91. The number of anilines is 1. The van der Waals surface area contributed by atoms with E-state index in [1.165, 1.54) is 12.1 Å². The Morgan fingerprint density at radius 1 is 1.03 bits per heavy atom. The van der Waals surface area contributed by atoms with Crippen molar-refractivity contribution in [1.29, 1.82) is 0 Å². The minimum absolute atomic E-state index is 0.0261. The fourth-order valence-electron chi connectivity index (χ4n) is 4.25. The molecule has 6 nitrogen and oxygen atoms in total. The molecule has 3 aromatic rings. The van der Waals surface area contributed by atoms with E-state index in [-0.39, 0.29) is 23.8 Å². The summed E-state index contributed by atoms with van der Waals surface area (Å²) in [6.07, 6.45) is -4.64. The van der Waals surface area contributed by atoms with Gasteiger partial charge in [0.05, 0.1) is 11.3 Å². The number of amides is 1. The Labute approximate surface area is 181 Å². The molecule has 1 amide bonds. The summed E-state index contributed by atoms with van der Waals surface area (Å²) >= 11 is 0. The van der Waals surface area contributed by atoms with Crippen LogP contribution in [0.15, 0.2) is 66.7 Å². The maximum absolute atomic E-state index is 14.1. The van der Waals surface area contributed by atoms with Crippen LogP contribution in [0.2, 0.25) is 0 Å². The Balaban J connectivity index is 1.41. The van der Waals surface area contributed by atoms with Crippen molar-refractivity contribution in [2.24, 2.45) is 0 Å². The van der Waals surface area contributed by atoms with Gasteiger partial charge in [-0.25, -0.2) is 9.59 Å². The molecule has 32 heavy (non-hydrogen) atoms. The number of hydrogen-bond acceptors (Lipinski definition) is 4. The second-order valence-electron chi connectivity index (χ2n) is 7.62. The molecule has 1 aliphatic carbocycles. The fourth-order valence-corrected chi connectivity index (χ4v) is 4.25. The lowest BCUT2D eigenvalue weighted by Crippen LogP contribution is -2.48. The topological polar surface area (TPSA) is 76.1 Å². The normalized spacial score (nSPS) is 15.9. The molecule has 0 radical (unpaired) electrons. The quantitative estimate of drug-likeness (QED) is 0.615. The zero-order valence-electron chi connectivity index (χ0n) is 16.6. The van der Waals surface area contributed by atoms with E-state index in [0.717, 1.165) is 33.2 Å². The average Bonchev–Trinajstić information content (AvgIpc) is 3.09. The number of hydrogen-bond donors (Lipinski definition) is 1. The summed E-state index contributed by atoms with van der Waals surface area (Å²) in [6.45, 7) is -1.07. The molecule has 162 valence electrons. The predicted octanol–water partition coefficient (Wildman–Crippen LogP) is 5.13. The number of nitrogens with zero attached hydrogens (tertiary/aromatic N) is 1. The second-order valence-corrected chi connectivity index (χ2v) is 7.62. The molecule has 1 heterocycles. The average molecular weight is 437 g/mol. The van der Waals surface area contributed by atoms with Crippen molar-refractivity contribution in [2.75, 3.05) is 18.1 Å². The molecule has 1 aliphatic heterocycles. The van der Waals surface area contributed by atoms with Gasteiger partial charge in [0.2, 0.25) is 0 Å². The third kappa shape index (κ3) is 3.33. The van der Waals surface area contributed by atoms with Gasteiger partial charge in [-0.3, -0.25) is 4.90 Å². The SMILES string of the molecule is O=C(O)c1ccc2c(c1)OC(F)(F)CN2C(=O)OCC1c2ccccc2-c2ccccc21. The third-order valence-corrected chi connectivity index (χ3v) is 5.66. The predicted molar refractivity (Wildman–Crippen MR) is 111 cm³/mol. The highest BCUT2D eigenvalue weighted by Gasteiger charge is 2.44. The van der Waals surface area contributed by atoms with Crippen LogP contribution in [0.4, 0.5) is 19.3 Å². The van der Waals surface area contributed by atoms with Crippen molar-refractivity contribution < 1.29 is 33.0 Å². The summed E-state index contributed by atoms with van der Waals surface area (Å²) in [7, 11) is 0. The first-order chi connectivity index (χ1) is 15.3. The van der Waals surface area contributed by atoms with E-state index in [1.807, 2.05) is 48.5 Å². The largest absolute Gasteiger partial charge is 0.478 e. The maximum atomic E-state index is 14.1. The molecule has 3 aromatic carbocycles. The Kier molecular flexibility index (Phi) is 4.58. The Morgan fingerprint density at radius 3 is 2.28 bits per heavy atom. The lowest BCUT2D eigenvalue weighted by molar-refractivity contribution is -0.171. The van der Waals surface area contributed by atoms with Gasteiger partial charge in [0, 0.05) is 5.92 Å². The molecule has 1 N–H and O–H groups in total. The smallest absolute Gasteiger partial charge is 0.416 e. The van der Waals surface area contributed by atoms with Gasteiger partial charge in [0.1, 0.15) is 13.2 Å². The van der Waals surface area contributed by atoms with Crippen LogP contribution in [-0.4, -0.2) is 36.4 Å². The van der Waals surface area contributed by atoms with E-state index >= 15 is 0 Å². The van der Waals surface area contributed by atoms with Crippen molar-refractivity contribution in [1.82, 2.24) is 0 Å². The van der Waals surface area contributed by atoms with Crippen molar-refractivity contribution in [3.05, 3.63) is 83.4 Å². The highest BCUT2D eigenvalue weighted by Crippen LogP contribution is 2.45. The molecule has 0 aromatic heterocycles. The van der Waals surface area contributed by atoms with E-state index in [9.17, 15) is 18.4 Å². The molecule has 0 saturated carbocycles. The van der Waals surface area contributed by atoms with Gasteiger partial charge in [-0.2, -0.15) is 8.78 Å². The van der Waals surface area contributed by atoms with E-state index in [0.29, 0.717) is 0 Å². The number of rotatable bonds is 3. The molecule has 2 aliphatic rings. The molecule has 8 heteroatoms. The monoisotopic (exact) mass is 437 g/mol. The Bertz CT molecular complexity index is 1200.